The first kappa shape index (κ1) is 17.2. The highest BCUT2D eigenvalue weighted by Gasteiger charge is 2.16. The summed E-state index contributed by atoms with van der Waals surface area (Å²) in [7, 11) is 3.61. The Hall–Kier alpha value is -2.67. The highest BCUT2D eigenvalue weighted by molar-refractivity contribution is 7.13. The molecule has 1 amide bonds. The molecular weight excluding hydrogens is 336 g/mol. The molecule has 7 heteroatoms. The molecule has 25 heavy (non-hydrogen) atoms. The molecule has 3 aromatic rings. The largest absolute Gasteiger partial charge is 0.492 e. The molecule has 0 unspecified atom stereocenters. The summed E-state index contributed by atoms with van der Waals surface area (Å²) in [6.45, 7) is 2.95. The van der Waals surface area contributed by atoms with E-state index >= 15 is 0 Å². The van der Waals surface area contributed by atoms with E-state index in [0.717, 1.165) is 21.9 Å². The number of hydrogen-bond acceptors (Lipinski definition) is 5. The third-order valence-electron chi connectivity index (χ3n) is 3.71. The third-order valence-corrected chi connectivity index (χ3v) is 4.60. The minimum atomic E-state index is -0.112. The Labute approximate surface area is 150 Å². The topological polar surface area (TPSA) is 60.2 Å². The van der Waals surface area contributed by atoms with Gasteiger partial charge in [0, 0.05) is 31.2 Å². The number of hydrogen-bond donors (Lipinski definition) is 0. The van der Waals surface area contributed by atoms with E-state index in [0.29, 0.717) is 18.8 Å². The Bertz CT molecular complexity index is 871. The first-order chi connectivity index (χ1) is 12.0. The van der Waals surface area contributed by atoms with Gasteiger partial charge in [0.05, 0.1) is 12.7 Å². The van der Waals surface area contributed by atoms with Crippen LogP contribution in [0.3, 0.4) is 0 Å². The molecule has 0 aliphatic heterocycles. The van der Waals surface area contributed by atoms with Crippen LogP contribution in [-0.4, -0.2) is 45.8 Å². The highest BCUT2D eigenvalue weighted by atomic mass is 32.1. The van der Waals surface area contributed by atoms with Crippen LogP contribution in [0.2, 0.25) is 0 Å². The van der Waals surface area contributed by atoms with Gasteiger partial charge in [0.25, 0.3) is 5.91 Å². The summed E-state index contributed by atoms with van der Waals surface area (Å²) in [6, 6.07) is 7.86. The third kappa shape index (κ3) is 4.24. The van der Waals surface area contributed by atoms with Crippen LogP contribution >= 0.6 is 11.3 Å². The Kier molecular flexibility index (Phi) is 5.14. The molecule has 6 nitrogen and oxygen atoms in total. The second-order valence-corrected chi connectivity index (χ2v) is 6.69. The van der Waals surface area contributed by atoms with E-state index < -0.39 is 0 Å². The van der Waals surface area contributed by atoms with E-state index in [1.807, 2.05) is 44.4 Å². The monoisotopic (exact) mass is 356 g/mol. The lowest BCUT2D eigenvalue weighted by atomic mass is 10.2. The summed E-state index contributed by atoms with van der Waals surface area (Å²) in [5, 5.41) is 6.70. The number of benzene rings is 1. The molecular formula is C18H20N4O2S. The number of carbonyl (C=O) groups is 1. The van der Waals surface area contributed by atoms with Crippen LogP contribution in [0.1, 0.15) is 16.1 Å². The number of ether oxygens (including phenoxy) is 1. The van der Waals surface area contributed by atoms with Crippen molar-refractivity contribution >= 4 is 17.2 Å². The lowest BCUT2D eigenvalue weighted by Gasteiger charge is -2.16. The van der Waals surface area contributed by atoms with Crippen molar-refractivity contribution in [3.8, 4) is 16.3 Å². The fraction of sp³-hybridized carbons (Fsp3) is 0.278. The molecule has 0 spiro atoms. The maximum Gasteiger partial charge on any atom is 0.273 e. The van der Waals surface area contributed by atoms with Gasteiger partial charge in [0.15, 0.2) is 0 Å². The van der Waals surface area contributed by atoms with Crippen molar-refractivity contribution in [2.24, 2.45) is 7.05 Å². The number of thiazole rings is 1. The van der Waals surface area contributed by atoms with Gasteiger partial charge in [-0.25, -0.2) is 4.98 Å². The van der Waals surface area contributed by atoms with Gasteiger partial charge in [-0.05, 0) is 24.6 Å². The van der Waals surface area contributed by atoms with Gasteiger partial charge >= 0.3 is 0 Å². The quantitative estimate of drug-likeness (QED) is 0.681. The lowest BCUT2D eigenvalue weighted by Crippen LogP contribution is -2.31. The van der Waals surface area contributed by atoms with Gasteiger partial charge in [-0.15, -0.1) is 11.3 Å². The second kappa shape index (κ2) is 7.48. The number of likely N-dealkylation sites (N-methyl/N-ethyl adjacent to an activating group) is 1. The standard InChI is InChI=1S/C18H20N4O2S/c1-13-5-4-6-15(9-13)24-8-7-21(2)18(23)16-12-25-17(20-16)14-10-19-22(3)11-14/h4-6,9-12H,7-8H2,1-3H3. The molecule has 0 bridgehead atoms. The van der Waals surface area contributed by atoms with Crippen LogP contribution in [0.15, 0.2) is 42.0 Å². The summed E-state index contributed by atoms with van der Waals surface area (Å²) in [5.74, 6) is 0.701. The summed E-state index contributed by atoms with van der Waals surface area (Å²) in [4.78, 5) is 18.5. The van der Waals surface area contributed by atoms with Crippen LogP contribution in [0.4, 0.5) is 0 Å². The number of carbonyl (C=O) groups excluding carboxylic acids is 1. The smallest absolute Gasteiger partial charge is 0.273 e. The average Bonchev–Trinajstić information content (AvgIpc) is 3.23. The molecule has 0 saturated carbocycles. The second-order valence-electron chi connectivity index (χ2n) is 5.83. The molecule has 0 aliphatic carbocycles. The predicted octanol–water partition coefficient (Wildman–Crippen LogP) is 3.00. The number of rotatable bonds is 6. The van der Waals surface area contributed by atoms with E-state index in [1.165, 1.54) is 11.3 Å². The van der Waals surface area contributed by atoms with Gasteiger partial charge in [-0.2, -0.15) is 5.10 Å². The van der Waals surface area contributed by atoms with Gasteiger partial charge in [0.1, 0.15) is 23.1 Å². The highest BCUT2D eigenvalue weighted by Crippen LogP contribution is 2.23. The zero-order valence-electron chi connectivity index (χ0n) is 14.5. The molecule has 1 aromatic carbocycles. The number of aryl methyl sites for hydroxylation is 2. The molecule has 0 atom stereocenters. The van der Waals surface area contributed by atoms with Gasteiger partial charge in [-0.3, -0.25) is 9.48 Å². The molecule has 2 aromatic heterocycles. The van der Waals surface area contributed by atoms with Crippen LogP contribution in [0.5, 0.6) is 5.75 Å². The predicted molar refractivity (Wildman–Crippen MR) is 98.0 cm³/mol. The van der Waals surface area contributed by atoms with Crippen molar-refractivity contribution in [3.05, 3.63) is 53.3 Å². The van der Waals surface area contributed by atoms with Gasteiger partial charge < -0.3 is 9.64 Å². The summed E-state index contributed by atoms with van der Waals surface area (Å²) >= 11 is 1.44. The van der Waals surface area contributed by atoms with Crippen LogP contribution in [-0.2, 0) is 7.05 Å². The maximum atomic E-state index is 12.5. The first-order valence-corrected chi connectivity index (χ1v) is 8.80. The number of aromatic nitrogens is 3. The van der Waals surface area contributed by atoms with E-state index in [-0.39, 0.29) is 5.91 Å². The molecule has 0 radical (unpaired) electrons. The Balaban J connectivity index is 1.56. The lowest BCUT2D eigenvalue weighted by molar-refractivity contribution is 0.0769. The minimum Gasteiger partial charge on any atom is -0.492 e. The van der Waals surface area contributed by atoms with Crippen molar-refractivity contribution in [2.75, 3.05) is 20.2 Å². The fourth-order valence-electron chi connectivity index (χ4n) is 2.34. The summed E-state index contributed by atoms with van der Waals surface area (Å²) in [6.07, 6.45) is 3.62. The Morgan fingerprint density at radius 3 is 2.96 bits per heavy atom. The Morgan fingerprint density at radius 2 is 2.24 bits per heavy atom. The fourth-order valence-corrected chi connectivity index (χ4v) is 3.11. The van der Waals surface area contributed by atoms with Crippen molar-refractivity contribution in [2.45, 2.75) is 6.92 Å². The van der Waals surface area contributed by atoms with E-state index in [9.17, 15) is 4.79 Å². The van der Waals surface area contributed by atoms with Gasteiger partial charge in [-0.1, -0.05) is 12.1 Å². The average molecular weight is 356 g/mol. The molecule has 0 saturated heterocycles. The van der Waals surface area contributed by atoms with Crippen LogP contribution < -0.4 is 4.74 Å². The molecule has 0 N–H and O–H groups in total. The zero-order chi connectivity index (χ0) is 17.8. The Morgan fingerprint density at radius 1 is 1.40 bits per heavy atom. The number of amides is 1. The normalized spacial score (nSPS) is 10.7. The van der Waals surface area contributed by atoms with E-state index in [4.69, 9.17) is 4.74 Å². The van der Waals surface area contributed by atoms with Crippen molar-refractivity contribution < 1.29 is 9.53 Å². The molecule has 130 valence electrons. The van der Waals surface area contributed by atoms with E-state index in [1.54, 1.807) is 28.2 Å². The van der Waals surface area contributed by atoms with Crippen molar-refractivity contribution in [1.29, 1.82) is 0 Å². The van der Waals surface area contributed by atoms with Crippen molar-refractivity contribution in [1.82, 2.24) is 19.7 Å². The maximum absolute atomic E-state index is 12.5. The molecule has 2 heterocycles. The summed E-state index contributed by atoms with van der Waals surface area (Å²) < 4.78 is 7.41. The zero-order valence-corrected chi connectivity index (χ0v) is 15.3. The number of nitrogens with zero attached hydrogens (tertiary/aromatic N) is 4. The first-order valence-electron chi connectivity index (χ1n) is 7.92. The van der Waals surface area contributed by atoms with E-state index in [2.05, 4.69) is 10.1 Å². The van der Waals surface area contributed by atoms with Gasteiger partial charge in [0.2, 0.25) is 0 Å². The van der Waals surface area contributed by atoms with Crippen LogP contribution in [0, 0.1) is 6.92 Å². The van der Waals surface area contributed by atoms with Crippen LogP contribution in [0.25, 0.3) is 10.6 Å². The molecule has 0 aliphatic rings. The minimum absolute atomic E-state index is 0.112. The molecule has 3 rings (SSSR count). The van der Waals surface area contributed by atoms with Crippen molar-refractivity contribution in [3.63, 3.8) is 0 Å². The summed E-state index contributed by atoms with van der Waals surface area (Å²) in [5.41, 5.74) is 2.51. The molecule has 0 fully saturated rings. The SMILES string of the molecule is Cc1cccc(OCCN(C)C(=O)c2csc(-c3cnn(C)c3)n2)c1.